The van der Waals surface area contributed by atoms with Crippen molar-refractivity contribution in [1.29, 1.82) is 0 Å². The quantitative estimate of drug-likeness (QED) is 0.353. The summed E-state index contributed by atoms with van der Waals surface area (Å²) >= 11 is 0. The number of fused-ring (bicyclic) bond motifs is 1. The van der Waals surface area contributed by atoms with Crippen LogP contribution in [0.1, 0.15) is 45.6 Å². The van der Waals surface area contributed by atoms with Crippen LogP contribution in [-0.2, 0) is 14.3 Å². The van der Waals surface area contributed by atoms with Crippen molar-refractivity contribution in [3.8, 4) is 11.3 Å². The highest BCUT2D eigenvalue weighted by Gasteiger charge is 2.33. The van der Waals surface area contributed by atoms with Gasteiger partial charge in [-0.15, -0.1) is 0 Å². The molecular formula is C30H36N4O6. The minimum absolute atomic E-state index is 0.101. The molecule has 1 aliphatic rings. The van der Waals surface area contributed by atoms with Crippen LogP contribution < -0.4 is 10.9 Å². The minimum Gasteiger partial charge on any atom is -0.480 e. The van der Waals surface area contributed by atoms with Crippen molar-refractivity contribution in [2.24, 2.45) is 5.92 Å². The summed E-state index contributed by atoms with van der Waals surface area (Å²) in [4.78, 5) is 56.3. The summed E-state index contributed by atoms with van der Waals surface area (Å²) in [6.07, 6.45) is 4.41. The molecule has 0 saturated carbocycles. The summed E-state index contributed by atoms with van der Waals surface area (Å²) < 4.78 is 5.07. The highest BCUT2D eigenvalue weighted by atomic mass is 16.5. The zero-order valence-electron chi connectivity index (χ0n) is 23.1. The van der Waals surface area contributed by atoms with Gasteiger partial charge in [-0.3, -0.25) is 9.59 Å². The third-order valence-corrected chi connectivity index (χ3v) is 5.83. The maximum Gasteiger partial charge on any atom is 0.407 e. The Labute approximate surface area is 233 Å². The van der Waals surface area contributed by atoms with Crippen molar-refractivity contribution in [2.75, 3.05) is 19.7 Å². The number of carboxylic acid groups (broad SMARTS) is 1. The average Bonchev–Trinajstić information content (AvgIpc) is 3.42. The first-order valence-corrected chi connectivity index (χ1v) is 13.3. The Hall–Kier alpha value is -4.47. The van der Waals surface area contributed by atoms with Crippen LogP contribution in [0.3, 0.4) is 0 Å². The topological polar surface area (TPSA) is 142 Å². The molecule has 3 aromatic rings. The van der Waals surface area contributed by atoms with Crippen LogP contribution >= 0.6 is 0 Å². The lowest BCUT2D eigenvalue weighted by Gasteiger charge is -2.21. The van der Waals surface area contributed by atoms with E-state index in [1.807, 2.05) is 54.6 Å². The maximum atomic E-state index is 12.5. The number of rotatable bonds is 8. The largest absolute Gasteiger partial charge is 0.480 e. The van der Waals surface area contributed by atoms with Gasteiger partial charge in [0.1, 0.15) is 18.3 Å². The molecule has 1 unspecified atom stereocenters. The molecule has 4 rings (SSSR count). The van der Waals surface area contributed by atoms with Gasteiger partial charge in [-0.2, -0.15) is 0 Å². The predicted molar refractivity (Wildman–Crippen MR) is 154 cm³/mol. The smallest absolute Gasteiger partial charge is 0.407 e. The number of likely N-dealkylation sites (tertiary alicyclic amines) is 1. The molecule has 2 heterocycles. The number of aliphatic carboxylic acids is 1. The molecule has 3 N–H and O–H groups in total. The summed E-state index contributed by atoms with van der Waals surface area (Å²) in [5.41, 5.74) is 2.99. The van der Waals surface area contributed by atoms with Crippen molar-refractivity contribution >= 4 is 35.1 Å². The molecule has 10 heteroatoms. The highest BCUT2D eigenvalue weighted by Crippen LogP contribution is 2.19. The first kappa shape index (κ1) is 30.1. The van der Waals surface area contributed by atoms with E-state index in [9.17, 15) is 19.2 Å². The number of hydrogen-bond acceptors (Lipinski definition) is 6. The Kier molecular flexibility index (Phi) is 11.0. The van der Waals surface area contributed by atoms with Crippen LogP contribution in [0.4, 0.5) is 4.79 Å². The lowest BCUT2D eigenvalue weighted by molar-refractivity contribution is -0.147. The van der Waals surface area contributed by atoms with Crippen molar-refractivity contribution in [3.63, 3.8) is 0 Å². The summed E-state index contributed by atoms with van der Waals surface area (Å²) in [6, 6.07) is 13.9. The molecule has 2 amide bonds. The third-order valence-electron chi connectivity index (χ3n) is 5.83. The van der Waals surface area contributed by atoms with Crippen LogP contribution in [0.5, 0.6) is 0 Å². The molecule has 1 aromatic heterocycles. The van der Waals surface area contributed by atoms with Crippen LogP contribution in [0.2, 0.25) is 0 Å². The second-order valence-electron chi connectivity index (χ2n) is 10.1. The zero-order valence-corrected chi connectivity index (χ0v) is 23.1. The Morgan fingerprint density at radius 1 is 1.18 bits per heavy atom. The van der Waals surface area contributed by atoms with Gasteiger partial charge < -0.3 is 25.0 Å². The van der Waals surface area contributed by atoms with Crippen molar-refractivity contribution in [3.05, 3.63) is 70.5 Å². The third kappa shape index (κ3) is 8.79. The van der Waals surface area contributed by atoms with Gasteiger partial charge in [-0.05, 0) is 48.9 Å². The van der Waals surface area contributed by atoms with Gasteiger partial charge in [-0.25, -0.2) is 14.6 Å². The van der Waals surface area contributed by atoms with Gasteiger partial charge in [0.2, 0.25) is 5.91 Å². The molecule has 10 nitrogen and oxygen atoms in total. The van der Waals surface area contributed by atoms with Crippen molar-refractivity contribution < 1.29 is 24.2 Å². The van der Waals surface area contributed by atoms with Crippen LogP contribution in [-0.4, -0.2) is 63.7 Å². The standard InChI is InChI=1S/C26H26N4O6.C4H10/c31-22(30-13-6-12-21(30)25(33)34)16-27-26(35)36-14-4-3-7-17-8-5-9-18(15-17)23-24(32)29-20-11-2-1-10-19(20)28-23;1-4(2)3/h1-3,5,7-11,15,21H,4,6,12-14,16H2,(H,27,35)(H,29,32)(H,33,34);4H,1-3H3/b7-3+;. The fraction of sp³-hybridized carbons (Fsp3) is 0.367. The van der Waals surface area contributed by atoms with Gasteiger partial charge in [0.15, 0.2) is 0 Å². The Bertz CT molecular complexity index is 1410. The van der Waals surface area contributed by atoms with Crippen LogP contribution in [0, 0.1) is 5.92 Å². The molecule has 212 valence electrons. The lowest BCUT2D eigenvalue weighted by atomic mass is 10.1. The van der Waals surface area contributed by atoms with E-state index in [4.69, 9.17) is 9.84 Å². The number of alkyl carbamates (subject to hydrolysis) is 1. The summed E-state index contributed by atoms with van der Waals surface area (Å²) in [6.45, 7) is 6.65. The minimum atomic E-state index is -1.04. The van der Waals surface area contributed by atoms with Gasteiger partial charge in [-0.1, -0.05) is 63.3 Å². The predicted octanol–water partition coefficient (Wildman–Crippen LogP) is 4.46. The van der Waals surface area contributed by atoms with E-state index in [2.05, 4.69) is 36.1 Å². The van der Waals surface area contributed by atoms with Gasteiger partial charge in [0, 0.05) is 12.1 Å². The number of para-hydroxylation sites is 2. The second-order valence-corrected chi connectivity index (χ2v) is 10.1. The number of ether oxygens (including phenoxy) is 1. The fourth-order valence-electron chi connectivity index (χ4n) is 4.08. The molecule has 2 aromatic carbocycles. The molecule has 1 saturated heterocycles. The molecule has 1 fully saturated rings. The number of aromatic amines is 1. The Balaban J connectivity index is 0.00000103. The van der Waals surface area contributed by atoms with E-state index in [1.54, 1.807) is 6.07 Å². The number of H-pyrrole nitrogens is 1. The monoisotopic (exact) mass is 548 g/mol. The number of carbonyl (C=O) groups is 3. The molecule has 40 heavy (non-hydrogen) atoms. The number of nitrogens with one attached hydrogen (secondary N) is 2. The van der Waals surface area contributed by atoms with E-state index < -0.39 is 24.0 Å². The second kappa shape index (κ2) is 14.6. The summed E-state index contributed by atoms with van der Waals surface area (Å²) in [5, 5.41) is 11.5. The number of benzene rings is 2. The van der Waals surface area contributed by atoms with E-state index in [1.165, 1.54) is 4.90 Å². The van der Waals surface area contributed by atoms with Gasteiger partial charge in [0.05, 0.1) is 17.6 Å². The van der Waals surface area contributed by atoms with Gasteiger partial charge >= 0.3 is 12.1 Å². The highest BCUT2D eigenvalue weighted by molar-refractivity contribution is 5.87. The first-order valence-electron chi connectivity index (χ1n) is 13.3. The van der Waals surface area contributed by atoms with Crippen molar-refractivity contribution in [1.82, 2.24) is 20.2 Å². The SMILES string of the molecule is CC(C)C.O=C(NCC(=O)N1CCCC1C(=O)O)OCC/C=C/c1cccc(-c2nc3ccccc3[nH]c2=O)c1. The molecule has 0 bridgehead atoms. The van der Waals surface area contributed by atoms with E-state index in [0.717, 1.165) is 11.5 Å². The first-order chi connectivity index (χ1) is 19.2. The number of aromatic nitrogens is 2. The number of carboxylic acids is 1. The maximum absolute atomic E-state index is 12.5. The Morgan fingerprint density at radius 3 is 2.67 bits per heavy atom. The van der Waals surface area contributed by atoms with Gasteiger partial charge in [0.25, 0.3) is 5.56 Å². The zero-order chi connectivity index (χ0) is 29.1. The molecule has 1 atom stereocenters. The number of amides is 2. The Morgan fingerprint density at radius 2 is 1.93 bits per heavy atom. The molecule has 0 spiro atoms. The molecule has 1 aliphatic heterocycles. The summed E-state index contributed by atoms with van der Waals surface area (Å²) in [7, 11) is 0. The number of carbonyl (C=O) groups excluding carboxylic acids is 2. The van der Waals surface area contributed by atoms with Crippen molar-refractivity contribution in [2.45, 2.75) is 46.1 Å². The molecule has 0 radical (unpaired) electrons. The fourth-order valence-corrected chi connectivity index (χ4v) is 4.08. The number of hydrogen-bond donors (Lipinski definition) is 3. The van der Waals surface area contributed by atoms with Crippen LogP contribution in [0.15, 0.2) is 59.4 Å². The normalized spacial score (nSPS) is 14.7. The molecule has 0 aliphatic carbocycles. The van der Waals surface area contributed by atoms with E-state index >= 15 is 0 Å². The van der Waals surface area contributed by atoms with E-state index in [0.29, 0.717) is 48.1 Å². The number of nitrogens with zero attached hydrogens (tertiary/aromatic N) is 2. The lowest BCUT2D eigenvalue weighted by Crippen LogP contribution is -2.45. The summed E-state index contributed by atoms with van der Waals surface area (Å²) in [5.74, 6) is -0.655. The molecular weight excluding hydrogens is 512 g/mol. The van der Waals surface area contributed by atoms with E-state index in [-0.39, 0.29) is 18.7 Å². The average molecular weight is 549 g/mol. The van der Waals surface area contributed by atoms with Crippen LogP contribution in [0.25, 0.3) is 28.4 Å².